The molecule has 1 heterocycles. The third-order valence-electron chi connectivity index (χ3n) is 5.08. The van der Waals surface area contributed by atoms with E-state index in [1.165, 1.54) is 25.7 Å². The van der Waals surface area contributed by atoms with Crippen LogP contribution in [0.25, 0.3) is 0 Å². The van der Waals surface area contributed by atoms with Crippen LogP contribution in [-0.4, -0.2) is 44.7 Å². The lowest BCUT2D eigenvalue weighted by molar-refractivity contribution is -0.298. The zero-order chi connectivity index (χ0) is 20.1. The van der Waals surface area contributed by atoms with Gasteiger partial charge in [-0.2, -0.15) is 5.06 Å². The highest BCUT2D eigenvalue weighted by Gasteiger charge is 2.60. The minimum atomic E-state index is -4.14. The number of aliphatic hydroxyl groups is 1. The molecule has 0 aromatic carbocycles. The summed E-state index contributed by atoms with van der Waals surface area (Å²) in [6.07, 6.45) is 7.41. The molecule has 0 spiro atoms. The first-order valence-electron chi connectivity index (χ1n) is 10.0. The number of hydroxylamine groups is 2. The first-order valence-corrected chi connectivity index (χ1v) is 11.6. The van der Waals surface area contributed by atoms with Crippen LogP contribution in [0.5, 0.6) is 0 Å². The quantitative estimate of drug-likeness (QED) is 0.386. The van der Waals surface area contributed by atoms with Crippen LogP contribution in [0.15, 0.2) is 0 Å². The van der Waals surface area contributed by atoms with E-state index in [1.807, 2.05) is 32.8 Å². The summed E-state index contributed by atoms with van der Waals surface area (Å²) in [5, 5.41) is 11.1. The number of unbranched alkanes of at least 4 members (excludes halogenated alkanes) is 5. The molecule has 1 fully saturated rings. The minimum Gasteiger partial charge on any atom is -0.377 e. The second kappa shape index (κ2) is 9.49. The van der Waals surface area contributed by atoms with Gasteiger partial charge in [0.2, 0.25) is 0 Å². The Morgan fingerprint density at radius 1 is 0.962 bits per heavy atom. The van der Waals surface area contributed by atoms with Crippen molar-refractivity contribution in [1.82, 2.24) is 5.06 Å². The number of nitrogens with zero attached hydrogens (tertiary/aromatic N) is 1. The maximum atomic E-state index is 12.6. The Hall–Kier alpha value is 0.0300. The molecule has 0 amide bonds. The zero-order valence-corrected chi connectivity index (χ0v) is 18.5. The molecule has 7 heteroatoms. The first-order chi connectivity index (χ1) is 11.9. The molecule has 0 radical (unpaired) electrons. The van der Waals surface area contributed by atoms with Crippen LogP contribution in [-0.2, 0) is 13.9 Å². The second-order valence-corrected chi connectivity index (χ2v) is 10.9. The summed E-state index contributed by atoms with van der Waals surface area (Å²) in [6, 6.07) is 0. The topological polar surface area (TPSA) is 79.2 Å². The van der Waals surface area contributed by atoms with E-state index < -0.39 is 24.0 Å². The molecule has 2 N–H and O–H groups in total. The number of rotatable bonds is 11. The Bertz CT molecular complexity index is 463. The van der Waals surface area contributed by atoms with Gasteiger partial charge in [-0.15, -0.1) is 0 Å². The van der Waals surface area contributed by atoms with Gasteiger partial charge in [-0.25, -0.2) is 0 Å². The van der Waals surface area contributed by atoms with E-state index in [2.05, 4.69) is 6.92 Å². The van der Waals surface area contributed by atoms with Crippen LogP contribution in [0.1, 0.15) is 92.9 Å². The van der Waals surface area contributed by atoms with Crippen LogP contribution in [0, 0.1) is 0 Å². The van der Waals surface area contributed by atoms with Crippen molar-refractivity contribution in [1.29, 1.82) is 0 Å². The Balaban J connectivity index is 2.72. The number of hydrogen-bond acceptors (Lipinski definition) is 5. The molecule has 6 nitrogen and oxygen atoms in total. The Labute approximate surface area is 159 Å². The van der Waals surface area contributed by atoms with E-state index in [1.54, 1.807) is 6.92 Å². The molecular weight excluding hydrogens is 353 g/mol. The zero-order valence-electron chi connectivity index (χ0n) is 17.6. The predicted molar refractivity (Wildman–Crippen MR) is 105 cm³/mol. The highest BCUT2D eigenvalue weighted by Crippen LogP contribution is 2.63. The lowest BCUT2D eigenvalue weighted by Gasteiger charge is -2.56. The summed E-state index contributed by atoms with van der Waals surface area (Å²) < 4.78 is 17.6. The standard InChI is InChI=1S/C19H40NO5P/c1-7-9-10-11-12-13-14-24-20-17(3,4)15-19(21,16-18(20,5)6)26(22,23)25-8-2/h21H,7-16H2,1-6H3,(H,22,23). The van der Waals surface area contributed by atoms with Crippen molar-refractivity contribution in [2.24, 2.45) is 0 Å². The van der Waals surface area contributed by atoms with Gasteiger partial charge in [0.25, 0.3) is 0 Å². The third-order valence-corrected chi connectivity index (χ3v) is 7.06. The number of piperidine rings is 1. The van der Waals surface area contributed by atoms with Crippen LogP contribution < -0.4 is 0 Å². The molecule has 26 heavy (non-hydrogen) atoms. The van der Waals surface area contributed by atoms with Gasteiger partial charge in [-0.1, -0.05) is 39.0 Å². The summed E-state index contributed by atoms with van der Waals surface area (Å²) in [4.78, 5) is 16.4. The SMILES string of the molecule is CCCCCCCCON1C(C)(C)CC(O)(P(=O)(O)OCC)CC1(C)C. The fourth-order valence-corrected chi connectivity index (χ4v) is 6.06. The lowest BCUT2D eigenvalue weighted by atomic mass is 9.80. The smallest absolute Gasteiger partial charge is 0.359 e. The molecule has 1 aliphatic heterocycles. The Morgan fingerprint density at radius 3 is 1.96 bits per heavy atom. The molecule has 0 aromatic rings. The van der Waals surface area contributed by atoms with Crippen molar-refractivity contribution in [3.63, 3.8) is 0 Å². The van der Waals surface area contributed by atoms with Crippen molar-refractivity contribution in [3.05, 3.63) is 0 Å². The van der Waals surface area contributed by atoms with Gasteiger partial charge in [-0.3, -0.25) is 9.40 Å². The summed E-state index contributed by atoms with van der Waals surface area (Å²) in [5.41, 5.74) is -1.18. The molecule has 1 aliphatic rings. The van der Waals surface area contributed by atoms with Gasteiger partial charge in [0.1, 0.15) is 0 Å². The van der Waals surface area contributed by atoms with E-state index in [0.29, 0.717) is 6.61 Å². The molecule has 0 saturated carbocycles. The Morgan fingerprint density at radius 2 is 1.46 bits per heavy atom. The van der Waals surface area contributed by atoms with E-state index in [0.717, 1.165) is 12.8 Å². The van der Waals surface area contributed by atoms with E-state index in [4.69, 9.17) is 9.36 Å². The largest absolute Gasteiger partial charge is 0.377 e. The third kappa shape index (κ3) is 6.02. The van der Waals surface area contributed by atoms with E-state index in [9.17, 15) is 14.6 Å². The van der Waals surface area contributed by atoms with Gasteiger partial charge < -0.3 is 14.5 Å². The second-order valence-electron chi connectivity index (χ2n) is 8.79. The first kappa shape index (κ1) is 24.1. The summed E-state index contributed by atoms with van der Waals surface area (Å²) in [6.45, 7) is 12.3. The molecule has 156 valence electrons. The predicted octanol–water partition coefficient (Wildman–Crippen LogP) is 4.84. The minimum absolute atomic E-state index is 0.0925. The fraction of sp³-hybridized carbons (Fsp3) is 1.00. The van der Waals surface area contributed by atoms with Crippen molar-refractivity contribution in [2.45, 2.75) is 109 Å². The van der Waals surface area contributed by atoms with Crippen molar-refractivity contribution in [2.75, 3.05) is 13.2 Å². The molecule has 0 bridgehead atoms. The van der Waals surface area contributed by atoms with Gasteiger partial charge in [0.15, 0.2) is 5.34 Å². The van der Waals surface area contributed by atoms with Crippen LogP contribution >= 0.6 is 7.60 Å². The van der Waals surface area contributed by atoms with Gasteiger partial charge in [-0.05, 0) is 41.0 Å². The van der Waals surface area contributed by atoms with Crippen LogP contribution in [0.4, 0.5) is 0 Å². The van der Waals surface area contributed by atoms with Crippen LogP contribution in [0.3, 0.4) is 0 Å². The van der Waals surface area contributed by atoms with E-state index >= 15 is 0 Å². The molecule has 1 saturated heterocycles. The fourth-order valence-electron chi connectivity index (χ4n) is 4.29. The molecule has 0 aromatic heterocycles. The molecule has 1 unspecified atom stereocenters. The maximum Gasteiger partial charge on any atom is 0.359 e. The van der Waals surface area contributed by atoms with Crippen LogP contribution in [0.2, 0.25) is 0 Å². The van der Waals surface area contributed by atoms with Gasteiger partial charge >= 0.3 is 7.60 Å². The molecule has 0 aliphatic carbocycles. The normalized spacial score (nSPS) is 24.3. The highest BCUT2D eigenvalue weighted by molar-refractivity contribution is 7.54. The monoisotopic (exact) mass is 393 g/mol. The van der Waals surface area contributed by atoms with Crippen molar-refractivity contribution >= 4 is 7.60 Å². The molecule has 1 atom stereocenters. The summed E-state index contributed by atoms with van der Waals surface area (Å²) in [7, 11) is -4.14. The van der Waals surface area contributed by atoms with Gasteiger partial charge in [0, 0.05) is 23.9 Å². The highest BCUT2D eigenvalue weighted by atomic mass is 31.2. The Kier molecular flexibility index (Phi) is 8.78. The van der Waals surface area contributed by atoms with Crippen molar-refractivity contribution in [3.8, 4) is 0 Å². The summed E-state index contributed by atoms with van der Waals surface area (Å²) >= 11 is 0. The van der Waals surface area contributed by atoms with Crippen molar-refractivity contribution < 1.29 is 23.9 Å². The summed E-state index contributed by atoms with van der Waals surface area (Å²) in [5.74, 6) is 0. The maximum absolute atomic E-state index is 12.6. The molecule has 1 rings (SSSR count). The average Bonchev–Trinajstić information content (AvgIpc) is 2.46. The number of hydrogen-bond donors (Lipinski definition) is 2. The molecular formula is C19H40NO5P. The average molecular weight is 394 g/mol. The lowest BCUT2D eigenvalue weighted by Crippen LogP contribution is -2.65. The van der Waals surface area contributed by atoms with E-state index in [-0.39, 0.29) is 19.4 Å². The van der Waals surface area contributed by atoms with Gasteiger partial charge in [0.05, 0.1) is 13.2 Å².